The van der Waals surface area contributed by atoms with Crippen molar-refractivity contribution in [3.63, 3.8) is 0 Å². The minimum Gasteiger partial charge on any atom is -0.370 e. The average Bonchev–Trinajstić information content (AvgIpc) is 3.18. The number of anilines is 1. The molecule has 2 heterocycles. The van der Waals surface area contributed by atoms with Crippen molar-refractivity contribution in [1.82, 2.24) is 15.1 Å². The van der Waals surface area contributed by atoms with E-state index in [2.05, 4.69) is 63.1 Å². The van der Waals surface area contributed by atoms with Crippen LogP contribution in [0.25, 0.3) is 0 Å². The third-order valence-corrected chi connectivity index (χ3v) is 6.07. The number of benzene rings is 1. The first-order valence-electron chi connectivity index (χ1n) is 11.0. The van der Waals surface area contributed by atoms with Gasteiger partial charge in [0.2, 0.25) is 0 Å². The molecule has 164 valence electrons. The molecule has 0 bridgehead atoms. The van der Waals surface area contributed by atoms with E-state index in [0.717, 1.165) is 58.8 Å². The summed E-state index contributed by atoms with van der Waals surface area (Å²) in [7, 11) is 0. The number of nitrogens with one attached hydrogen (secondary N) is 1. The first kappa shape index (κ1) is 24.2. The molecule has 2 aliphatic heterocycles. The second kappa shape index (κ2) is 12.6. The van der Waals surface area contributed by atoms with Gasteiger partial charge in [-0.05, 0) is 63.5 Å². The van der Waals surface area contributed by atoms with E-state index in [1.807, 2.05) is 0 Å². The predicted molar refractivity (Wildman–Crippen MR) is 135 cm³/mol. The van der Waals surface area contributed by atoms with Crippen LogP contribution in [0.5, 0.6) is 0 Å². The third kappa shape index (κ3) is 7.61. The van der Waals surface area contributed by atoms with Gasteiger partial charge in [0.15, 0.2) is 5.96 Å². The standard InChI is InChI=1S/C22H38N6.HI/c1-3-27-12-5-9-21(27)18-25-22(23)24-10-6-11-26-13-15-28(16-14-26)20-8-4-7-19(2)17-20;/h4,7-8,17,21H,3,5-6,9-16,18H2,1-2H3,(H3,23,24,25);1H. The molecule has 0 amide bonds. The van der Waals surface area contributed by atoms with E-state index in [-0.39, 0.29) is 24.0 Å². The molecule has 2 fully saturated rings. The predicted octanol–water partition coefficient (Wildman–Crippen LogP) is 2.51. The highest BCUT2D eigenvalue weighted by Gasteiger charge is 2.22. The molecule has 0 radical (unpaired) electrons. The summed E-state index contributed by atoms with van der Waals surface area (Å²) in [6.07, 6.45) is 3.64. The van der Waals surface area contributed by atoms with Crippen LogP contribution in [0.3, 0.4) is 0 Å². The Labute approximate surface area is 193 Å². The Morgan fingerprint density at radius 2 is 2.00 bits per heavy atom. The van der Waals surface area contributed by atoms with Crippen molar-refractivity contribution in [2.75, 3.05) is 63.8 Å². The molecule has 7 heteroatoms. The fourth-order valence-electron chi connectivity index (χ4n) is 4.35. The Bertz CT molecular complexity index is 629. The molecule has 6 nitrogen and oxygen atoms in total. The van der Waals surface area contributed by atoms with Crippen LogP contribution in [0.15, 0.2) is 29.3 Å². The average molecular weight is 515 g/mol. The molecule has 2 saturated heterocycles. The molecule has 29 heavy (non-hydrogen) atoms. The van der Waals surface area contributed by atoms with Crippen molar-refractivity contribution in [1.29, 1.82) is 0 Å². The molecule has 2 aliphatic rings. The van der Waals surface area contributed by atoms with E-state index in [4.69, 9.17) is 5.73 Å². The van der Waals surface area contributed by atoms with E-state index in [0.29, 0.717) is 12.0 Å². The Hall–Kier alpha value is -1.06. The van der Waals surface area contributed by atoms with Gasteiger partial charge < -0.3 is 16.0 Å². The van der Waals surface area contributed by atoms with Crippen LogP contribution in [0.1, 0.15) is 31.7 Å². The second-order valence-corrected chi connectivity index (χ2v) is 8.10. The van der Waals surface area contributed by atoms with Gasteiger partial charge in [0, 0.05) is 44.5 Å². The lowest BCUT2D eigenvalue weighted by Gasteiger charge is -2.36. The van der Waals surface area contributed by atoms with Gasteiger partial charge in [-0.15, -0.1) is 24.0 Å². The van der Waals surface area contributed by atoms with E-state index >= 15 is 0 Å². The largest absolute Gasteiger partial charge is 0.370 e. The summed E-state index contributed by atoms with van der Waals surface area (Å²) in [6, 6.07) is 9.40. The summed E-state index contributed by atoms with van der Waals surface area (Å²) >= 11 is 0. The highest BCUT2D eigenvalue weighted by Crippen LogP contribution is 2.18. The highest BCUT2D eigenvalue weighted by atomic mass is 127. The molecule has 0 aliphatic carbocycles. The lowest BCUT2D eigenvalue weighted by molar-refractivity contribution is 0.255. The number of halogens is 1. The van der Waals surface area contributed by atoms with Crippen LogP contribution in [-0.4, -0.2) is 80.7 Å². The zero-order valence-corrected chi connectivity index (χ0v) is 20.5. The van der Waals surface area contributed by atoms with Gasteiger partial charge in [-0.25, -0.2) is 0 Å². The number of rotatable bonds is 8. The van der Waals surface area contributed by atoms with Crippen molar-refractivity contribution < 1.29 is 0 Å². The Morgan fingerprint density at radius 3 is 2.72 bits per heavy atom. The summed E-state index contributed by atoms with van der Waals surface area (Å²) in [4.78, 5) is 12.1. The van der Waals surface area contributed by atoms with E-state index < -0.39 is 0 Å². The molecule has 1 unspecified atom stereocenters. The summed E-state index contributed by atoms with van der Waals surface area (Å²) in [6.45, 7) is 14.0. The fraction of sp³-hybridized carbons (Fsp3) is 0.682. The number of piperazine rings is 1. The quantitative estimate of drug-likeness (QED) is 0.242. The monoisotopic (exact) mass is 514 g/mol. The fourth-order valence-corrected chi connectivity index (χ4v) is 4.35. The van der Waals surface area contributed by atoms with Crippen molar-refractivity contribution in [3.05, 3.63) is 29.8 Å². The van der Waals surface area contributed by atoms with E-state index in [9.17, 15) is 0 Å². The van der Waals surface area contributed by atoms with Crippen LogP contribution in [0.2, 0.25) is 0 Å². The second-order valence-electron chi connectivity index (χ2n) is 8.10. The lowest BCUT2D eigenvalue weighted by Crippen LogP contribution is -2.47. The number of nitrogens with zero attached hydrogens (tertiary/aromatic N) is 4. The zero-order chi connectivity index (χ0) is 19.8. The Balaban J connectivity index is 0.00000300. The molecule has 1 aromatic carbocycles. The summed E-state index contributed by atoms with van der Waals surface area (Å²) in [5.74, 6) is 0.604. The summed E-state index contributed by atoms with van der Waals surface area (Å²) in [5, 5.41) is 3.29. The number of nitrogens with two attached hydrogens (primary N) is 1. The molecule has 0 saturated carbocycles. The molecule has 1 aromatic rings. The smallest absolute Gasteiger partial charge is 0.188 e. The molecule has 3 rings (SSSR count). The number of likely N-dealkylation sites (N-methyl/N-ethyl adjacent to an activating group) is 1. The van der Waals surface area contributed by atoms with Gasteiger partial charge in [-0.1, -0.05) is 19.1 Å². The number of hydrogen-bond acceptors (Lipinski definition) is 4. The van der Waals surface area contributed by atoms with Gasteiger partial charge in [0.25, 0.3) is 0 Å². The maximum atomic E-state index is 6.05. The normalized spacial score (nSPS) is 21.2. The Kier molecular flexibility index (Phi) is 10.5. The number of likely N-dealkylation sites (tertiary alicyclic amines) is 1. The Morgan fingerprint density at radius 1 is 1.21 bits per heavy atom. The maximum Gasteiger partial charge on any atom is 0.188 e. The highest BCUT2D eigenvalue weighted by molar-refractivity contribution is 14.0. The molecule has 3 N–H and O–H groups in total. The summed E-state index contributed by atoms with van der Waals surface area (Å²) < 4.78 is 0. The molecule has 1 atom stereocenters. The lowest BCUT2D eigenvalue weighted by atomic mass is 10.2. The van der Waals surface area contributed by atoms with Crippen molar-refractivity contribution in [3.8, 4) is 0 Å². The summed E-state index contributed by atoms with van der Waals surface area (Å²) in [5.41, 5.74) is 8.74. The van der Waals surface area contributed by atoms with E-state index in [1.54, 1.807) is 0 Å². The molecular formula is C22H39IN6. The third-order valence-electron chi connectivity index (χ3n) is 6.07. The van der Waals surface area contributed by atoms with Gasteiger partial charge in [-0.2, -0.15) is 0 Å². The van der Waals surface area contributed by atoms with Crippen LogP contribution in [-0.2, 0) is 0 Å². The number of aryl methyl sites for hydroxylation is 1. The zero-order valence-electron chi connectivity index (χ0n) is 18.1. The van der Waals surface area contributed by atoms with Gasteiger partial charge >= 0.3 is 0 Å². The minimum atomic E-state index is 0. The van der Waals surface area contributed by atoms with Crippen LogP contribution in [0.4, 0.5) is 5.69 Å². The van der Waals surface area contributed by atoms with Crippen molar-refractivity contribution in [2.45, 2.75) is 39.2 Å². The SMILES string of the molecule is CCN1CCCC1CN=C(N)NCCCN1CCN(c2cccc(C)c2)CC1.I. The van der Waals surface area contributed by atoms with Gasteiger partial charge in [0.1, 0.15) is 0 Å². The molecular weight excluding hydrogens is 475 g/mol. The molecule has 0 spiro atoms. The number of hydrogen-bond donors (Lipinski definition) is 2. The first-order chi connectivity index (χ1) is 13.7. The van der Waals surface area contributed by atoms with Crippen molar-refractivity contribution >= 4 is 35.6 Å². The van der Waals surface area contributed by atoms with E-state index in [1.165, 1.54) is 30.6 Å². The van der Waals surface area contributed by atoms with Crippen LogP contribution < -0.4 is 16.0 Å². The van der Waals surface area contributed by atoms with Crippen LogP contribution in [0, 0.1) is 6.92 Å². The first-order valence-corrected chi connectivity index (χ1v) is 11.0. The van der Waals surface area contributed by atoms with Crippen LogP contribution >= 0.6 is 24.0 Å². The topological polar surface area (TPSA) is 60.1 Å². The number of aliphatic imine (C=N–C) groups is 1. The number of guanidine groups is 1. The van der Waals surface area contributed by atoms with Gasteiger partial charge in [0.05, 0.1) is 6.54 Å². The minimum absolute atomic E-state index is 0. The van der Waals surface area contributed by atoms with Crippen molar-refractivity contribution in [2.24, 2.45) is 10.7 Å². The van der Waals surface area contributed by atoms with Gasteiger partial charge in [-0.3, -0.25) is 14.8 Å². The maximum absolute atomic E-state index is 6.05. The molecule has 0 aromatic heterocycles.